The van der Waals surface area contributed by atoms with Crippen molar-refractivity contribution in [2.75, 3.05) is 0 Å². The van der Waals surface area contributed by atoms with Crippen LogP contribution >= 0.6 is 31.9 Å². The summed E-state index contributed by atoms with van der Waals surface area (Å²) in [6.07, 6.45) is 0. The minimum absolute atomic E-state index is 0.272. The molecule has 0 radical (unpaired) electrons. The van der Waals surface area contributed by atoms with Gasteiger partial charge in [-0.2, -0.15) is 4.80 Å². The molecule has 2 rings (SSSR count). The number of ether oxygens (including phenoxy) is 1. The number of halogens is 2. The average molecular weight is 419 g/mol. The zero-order valence-corrected chi connectivity index (χ0v) is 15.3. The number of tetrazole rings is 1. The fraction of sp³-hybridized carbons (Fsp3) is 0.462. The number of nitrogens with one attached hydrogen (secondary N) is 1. The third-order valence-electron chi connectivity index (χ3n) is 2.67. The van der Waals surface area contributed by atoms with Crippen molar-refractivity contribution in [3.8, 4) is 5.75 Å². The number of aromatic nitrogens is 4. The third kappa shape index (κ3) is 4.76. The molecule has 6 nitrogen and oxygen atoms in total. The van der Waals surface area contributed by atoms with E-state index >= 15 is 0 Å². The van der Waals surface area contributed by atoms with Crippen LogP contribution in [0.1, 0.15) is 25.2 Å². The van der Waals surface area contributed by atoms with Gasteiger partial charge in [0.1, 0.15) is 5.75 Å². The number of hydrogen-bond acceptors (Lipinski definition) is 5. The lowest BCUT2D eigenvalue weighted by Gasteiger charge is -2.13. The molecule has 2 aromatic rings. The monoisotopic (exact) mass is 417 g/mol. The van der Waals surface area contributed by atoms with E-state index in [1.165, 1.54) is 10.4 Å². The Bertz CT molecular complexity index is 591. The van der Waals surface area contributed by atoms with Gasteiger partial charge in [0.25, 0.3) is 0 Å². The van der Waals surface area contributed by atoms with Crippen molar-refractivity contribution >= 4 is 31.9 Å². The minimum atomic E-state index is 0.272. The first-order valence-corrected chi connectivity index (χ1v) is 8.11. The highest BCUT2D eigenvalue weighted by Crippen LogP contribution is 2.35. The summed E-state index contributed by atoms with van der Waals surface area (Å²) in [5, 5.41) is 15.1. The third-order valence-corrected chi connectivity index (χ3v) is 3.85. The highest BCUT2D eigenvalue weighted by Gasteiger charge is 2.11. The van der Waals surface area contributed by atoms with Crippen LogP contribution in [0.25, 0.3) is 0 Å². The molecule has 0 aliphatic carbocycles. The molecular weight excluding hydrogens is 402 g/mol. The van der Waals surface area contributed by atoms with Gasteiger partial charge in [0.2, 0.25) is 5.82 Å². The first kappa shape index (κ1) is 16.4. The van der Waals surface area contributed by atoms with Crippen molar-refractivity contribution in [1.29, 1.82) is 0 Å². The molecular formula is C13H17Br2N5O. The fourth-order valence-corrected chi connectivity index (χ4v) is 3.20. The van der Waals surface area contributed by atoms with Gasteiger partial charge in [-0.1, -0.05) is 13.8 Å². The normalized spacial score (nSPS) is 11.1. The van der Waals surface area contributed by atoms with Gasteiger partial charge in [0.05, 0.1) is 16.0 Å². The van der Waals surface area contributed by atoms with Crippen LogP contribution in [0.2, 0.25) is 0 Å². The Labute approximate surface area is 140 Å². The highest BCUT2D eigenvalue weighted by atomic mass is 79.9. The molecule has 0 amide bonds. The van der Waals surface area contributed by atoms with Crippen LogP contribution in [-0.4, -0.2) is 26.2 Å². The van der Waals surface area contributed by atoms with E-state index in [0.29, 0.717) is 11.9 Å². The minimum Gasteiger partial charge on any atom is -0.483 e. The lowest BCUT2D eigenvalue weighted by molar-refractivity contribution is 0.291. The van der Waals surface area contributed by atoms with Crippen molar-refractivity contribution in [2.24, 2.45) is 7.05 Å². The van der Waals surface area contributed by atoms with E-state index in [9.17, 15) is 0 Å². The Morgan fingerprint density at radius 1 is 1.29 bits per heavy atom. The van der Waals surface area contributed by atoms with E-state index in [1.807, 2.05) is 12.1 Å². The smallest absolute Gasteiger partial charge is 0.212 e. The fourth-order valence-electron chi connectivity index (χ4n) is 1.69. The molecule has 1 aromatic heterocycles. The van der Waals surface area contributed by atoms with E-state index in [-0.39, 0.29) is 6.61 Å². The van der Waals surface area contributed by atoms with Crippen LogP contribution in [0.4, 0.5) is 0 Å². The van der Waals surface area contributed by atoms with E-state index < -0.39 is 0 Å². The molecule has 0 saturated carbocycles. The quantitative estimate of drug-likeness (QED) is 0.781. The number of hydrogen-bond donors (Lipinski definition) is 1. The van der Waals surface area contributed by atoms with Crippen LogP contribution in [0.5, 0.6) is 5.75 Å². The molecule has 0 aliphatic heterocycles. The molecule has 1 aromatic carbocycles. The van der Waals surface area contributed by atoms with Crippen LogP contribution in [-0.2, 0) is 20.2 Å². The molecule has 0 unspecified atom stereocenters. The van der Waals surface area contributed by atoms with Crippen molar-refractivity contribution in [1.82, 2.24) is 25.5 Å². The summed E-state index contributed by atoms with van der Waals surface area (Å²) in [4.78, 5) is 1.41. The van der Waals surface area contributed by atoms with Crippen LogP contribution < -0.4 is 10.1 Å². The van der Waals surface area contributed by atoms with Crippen molar-refractivity contribution in [3.63, 3.8) is 0 Å². The second kappa shape index (κ2) is 7.33. The van der Waals surface area contributed by atoms with Gasteiger partial charge in [-0.15, -0.1) is 10.2 Å². The van der Waals surface area contributed by atoms with Gasteiger partial charge >= 0.3 is 0 Å². The zero-order chi connectivity index (χ0) is 15.4. The molecule has 0 atom stereocenters. The summed E-state index contributed by atoms with van der Waals surface area (Å²) in [5.41, 5.74) is 1.17. The molecule has 0 spiro atoms. The van der Waals surface area contributed by atoms with Crippen LogP contribution in [0.3, 0.4) is 0 Å². The maximum absolute atomic E-state index is 5.76. The Kier molecular flexibility index (Phi) is 5.72. The molecule has 0 aliphatic rings. The van der Waals surface area contributed by atoms with Gasteiger partial charge in [-0.3, -0.25) is 0 Å². The Balaban J connectivity index is 2.06. The van der Waals surface area contributed by atoms with Gasteiger partial charge in [-0.05, 0) is 54.8 Å². The maximum atomic E-state index is 5.76. The summed E-state index contributed by atoms with van der Waals surface area (Å²) in [7, 11) is 1.72. The highest BCUT2D eigenvalue weighted by molar-refractivity contribution is 9.11. The first-order valence-electron chi connectivity index (χ1n) is 6.52. The second-order valence-electron chi connectivity index (χ2n) is 4.91. The van der Waals surface area contributed by atoms with Crippen molar-refractivity contribution < 1.29 is 4.74 Å². The van der Waals surface area contributed by atoms with E-state index in [0.717, 1.165) is 21.2 Å². The molecule has 21 heavy (non-hydrogen) atoms. The Morgan fingerprint density at radius 3 is 2.48 bits per heavy atom. The number of rotatable bonds is 6. The summed E-state index contributed by atoms with van der Waals surface area (Å²) < 4.78 is 7.54. The molecule has 0 bridgehead atoms. The second-order valence-corrected chi connectivity index (χ2v) is 6.62. The molecule has 8 heteroatoms. The van der Waals surface area contributed by atoms with E-state index in [2.05, 4.69) is 66.4 Å². The lowest BCUT2D eigenvalue weighted by atomic mass is 10.2. The maximum Gasteiger partial charge on any atom is 0.212 e. The van der Waals surface area contributed by atoms with Crippen molar-refractivity contribution in [3.05, 3.63) is 32.5 Å². The molecule has 114 valence electrons. The largest absolute Gasteiger partial charge is 0.483 e. The number of nitrogens with zero attached hydrogens (tertiary/aromatic N) is 4. The topological polar surface area (TPSA) is 64.9 Å². The Hall–Kier alpha value is -0.990. The molecule has 1 heterocycles. The summed E-state index contributed by atoms with van der Waals surface area (Å²) >= 11 is 7.08. The van der Waals surface area contributed by atoms with Crippen LogP contribution in [0.15, 0.2) is 21.1 Å². The standard InChI is InChI=1S/C13H17Br2N5O/c1-8(2)16-6-9-4-10(14)13(11(15)5-9)21-7-12-17-19-20(3)18-12/h4-5,8,16H,6-7H2,1-3H3. The first-order chi connectivity index (χ1) is 9.95. The van der Waals surface area contributed by atoms with Crippen molar-refractivity contribution in [2.45, 2.75) is 33.0 Å². The summed E-state index contributed by atoms with van der Waals surface area (Å²) in [6.45, 7) is 5.32. The number of benzene rings is 1. The summed E-state index contributed by atoms with van der Waals surface area (Å²) in [6, 6.07) is 4.53. The van der Waals surface area contributed by atoms with E-state index in [4.69, 9.17) is 4.74 Å². The average Bonchev–Trinajstić information content (AvgIpc) is 2.81. The molecule has 1 N–H and O–H groups in total. The van der Waals surface area contributed by atoms with Gasteiger partial charge in [0, 0.05) is 12.6 Å². The van der Waals surface area contributed by atoms with Gasteiger partial charge < -0.3 is 10.1 Å². The van der Waals surface area contributed by atoms with Gasteiger partial charge in [-0.25, -0.2) is 0 Å². The molecule has 0 saturated heterocycles. The molecule has 0 fully saturated rings. The van der Waals surface area contributed by atoms with Crippen LogP contribution in [0, 0.1) is 0 Å². The Morgan fingerprint density at radius 2 is 1.95 bits per heavy atom. The SMILES string of the molecule is CC(C)NCc1cc(Br)c(OCc2nnn(C)n2)c(Br)c1. The lowest BCUT2D eigenvalue weighted by Crippen LogP contribution is -2.21. The predicted octanol–water partition coefficient (Wildman–Crippen LogP) is 2.81. The summed E-state index contributed by atoms with van der Waals surface area (Å²) in [5.74, 6) is 1.28. The number of aryl methyl sites for hydroxylation is 1. The predicted molar refractivity (Wildman–Crippen MR) is 86.9 cm³/mol. The van der Waals surface area contributed by atoms with Gasteiger partial charge in [0.15, 0.2) is 6.61 Å². The zero-order valence-electron chi connectivity index (χ0n) is 12.1. The van der Waals surface area contributed by atoms with E-state index in [1.54, 1.807) is 7.05 Å².